The highest BCUT2D eigenvalue weighted by Gasteiger charge is 2.35. The minimum Gasteiger partial charge on any atom is -0.371 e. The van der Waals surface area contributed by atoms with Crippen LogP contribution < -0.4 is 26.8 Å². The number of carbonyl (C=O) groups excluding carboxylic acids is 2. The largest absolute Gasteiger partial charge is 0.371 e. The van der Waals surface area contributed by atoms with E-state index in [2.05, 4.69) is 35.3 Å². The molecule has 9 rings (SSSR count). The summed E-state index contributed by atoms with van der Waals surface area (Å²) in [6.07, 6.45) is 5.89. The van der Waals surface area contributed by atoms with Crippen molar-refractivity contribution in [1.82, 2.24) is 43.1 Å². The molecule has 340 valence electrons. The van der Waals surface area contributed by atoms with Crippen LogP contribution in [-0.4, -0.2) is 123 Å². The van der Waals surface area contributed by atoms with E-state index in [0.29, 0.717) is 53.7 Å². The van der Waals surface area contributed by atoms with Crippen molar-refractivity contribution in [3.05, 3.63) is 80.1 Å². The Kier molecular flexibility index (Phi) is 12.2. The zero-order valence-corrected chi connectivity index (χ0v) is 38.4. The van der Waals surface area contributed by atoms with Crippen molar-refractivity contribution in [1.29, 1.82) is 0 Å². The Morgan fingerprint density at radius 2 is 1.61 bits per heavy atom. The van der Waals surface area contributed by atoms with Crippen LogP contribution in [-0.2, 0) is 26.7 Å². The van der Waals surface area contributed by atoms with Gasteiger partial charge in [0.15, 0.2) is 0 Å². The third-order valence-electron chi connectivity index (χ3n) is 13.8. The Bertz CT molecular complexity index is 2850. The number of imidazole rings is 1. The topological polar surface area (TPSA) is 180 Å². The molecule has 7 heterocycles. The van der Waals surface area contributed by atoms with Gasteiger partial charge < -0.3 is 15.1 Å². The van der Waals surface area contributed by atoms with Crippen LogP contribution in [0.2, 0.25) is 5.02 Å². The Morgan fingerprint density at radius 3 is 2.30 bits per heavy atom. The minimum atomic E-state index is -3.69. The molecule has 17 nitrogen and oxygen atoms in total. The molecule has 1 unspecified atom stereocenters. The number of aryl methyl sites for hydroxylation is 2. The van der Waals surface area contributed by atoms with Crippen molar-refractivity contribution in [2.45, 2.75) is 82.3 Å². The molecule has 2 N–H and O–H groups in total. The molecule has 4 aliphatic heterocycles. The quantitative estimate of drug-likeness (QED) is 0.189. The molecular formula is C45H56ClN11O6S. The van der Waals surface area contributed by atoms with Gasteiger partial charge in [-0.3, -0.25) is 38.3 Å². The number of sulfonamides is 1. The molecule has 5 aromatic rings. The number of fused-ring (bicyclic) bond motifs is 2. The lowest BCUT2D eigenvalue weighted by Gasteiger charge is -2.43. The average molecular weight is 915 g/mol. The second-order valence-electron chi connectivity index (χ2n) is 18.1. The molecule has 4 saturated heterocycles. The normalized spacial score (nSPS) is 20.5. The number of hydrogen-bond donors (Lipinski definition) is 2. The van der Waals surface area contributed by atoms with E-state index in [1.54, 1.807) is 46.4 Å². The first kappa shape index (κ1) is 44.1. The van der Waals surface area contributed by atoms with E-state index < -0.39 is 22.0 Å². The van der Waals surface area contributed by atoms with E-state index in [9.17, 15) is 27.6 Å². The number of amides is 2. The molecule has 0 bridgehead atoms. The molecule has 1 atom stereocenters. The fourth-order valence-corrected chi connectivity index (χ4v) is 11.9. The average Bonchev–Trinajstić information content (AvgIpc) is 3.53. The fraction of sp³-hybridized carbons (Fsp3) is 0.511. The second-order valence-corrected chi connectivity index (χ2v) is 20.4. The van der Waals surface area contributed by atoms with Crippen molar-refractivity contribution < 1.29 is 18.0 Å². The van der Waals surface area contributed by atoms with Gasteiger partial charge in [0.2, 0.25) is 27.8 Å². The molecule has 4 aliphatic rings. The summed E-state index contributed by atoms with van der Waals surface area (Å²) < 4.78 is 34.0. The smallest absolute Gasteiger partial charge is 0.329 e. The maximum Gasteiger partial charge on any atom is 0.329 e. The van der Waals surface area contributed by atoms with Gasteiger partial charge in [-0.05, 0) is 107 Å². The number of halogens is 1. The number of pyridine rings is 1. The summed E-state index contributed by atoms with van der Waals surface area (Å²) in [6, 6.07) is 12.1. The molecule has 0 saturated carbocycles. The number of carbonyl (C=O) groups is 2. The van der Waals surface area contributed by atoms with E-state index in [1.807, 2.05) is 39.0 Å². The maximum atomic E-state index is 13.9. The van der Waals surface area contributed by atoms with Crippen molar-refractivity contribution >= 4 is 72.8 Å². The highest BCUT2D eigenvalue weighted by Crippen LogP contribution is 2.31. The fourth-order valence-electron chi connectivity index (χ4n) is 10.1. The molecule has 0 aliphatic carbocycles. The van der Waals surface area contributed by atoms with Crippen molar-refractivity contribution in [2.24, 2.45) is 13.0 Å². The molecule has 3 aromatic heterocycles. The lowest BCUT2D eigenvalue weighted by molar-refractivity contribution is -0.135. The van der Waals surface area contributed by atoms with Gasteiger partial charge in [-0.1, -0.05) is 11.6 Å². The lowest BCUT2D eigenvalue weighted by atomic mass is 9.95. The summed E-state index contributed by atoms with van der Waals surface area (Å²) in [7, 11) is -1.96. The van der Waals surface area contributed by atoms with Gasteiger partial charge in [-0.15, -0.1) is 0 Å². The number of imide groups is 1. The molecule has 2 aromatic carbocycles. The third kappa shape index (κ3) is 8.45. The van der Waals surface area contributed by atoms with Gasteiger partial charge >= 0.3 is 5.69 Å². The van der Waals surface area contributed by atoms with Crippen LogP contribution in [0.15, 0.2) is 63.1 Å². The molecule has 0 spiro atoms. The summed E-state index contributed by atoms with van der Waals surface area (Å²) in [5, 5.41) is 6.33. The number of nitrogens with one attached hydrogen (secondary N) is 2. The number of anilines is 3. The number of piperazine rings is 1. The van der Waals surface area contributed by atoms with Gasteiger partial charge in [-0.25, -0.2) is 18.2 Å². The van der Waals surface area contributed by atoms with Crippen molar-refractivity contribution in [3.63, 3.8) is 0 Å². The highest BCUT2D eigenvalue weighted by molar-refractivity contribution is 7.89. The van der Waals surface area contributed by atoms with Gasteiger partial charge in [0, 0.05) is 107 Å². The van der Waals surface area contributed by atoms with Crippen molar-refractivity contribution in [2.75, 3.05) is 69.1 Å². The van der Waals surface area contributed by atoms with E-state index in [-0.39, 0.29) is 45.5 Å². The second kappa shape index (κ2) is 17.7. The molecule has 2 amide bonds. The summed E-state index contributed by atoms with van der Waals surface area (Å²) in [6.45, 7) is 13.5. The molecular weight excluding hydrogens is 858 g/mol. The zero-order chi connectivity index (χ0) is 45.0. The van der Waals surface area contributed by atoms with Crippen LogP contribution in [0, 0.1) is 12.8 Å². The molecule has 64 heavy (non-hydrogen) atoms. The first-order valence-corrected chi connectivity index (χ1v) is 24.2. The zero-order valence-electron chi connectivity index (χ0n) is 36.8. The molecule has 19 heteroatoms. The van der Waals surface area contributed by atoms with E-state index in [0.717, 1.165) is 88.3 Å². The Morgan fingerprint density at radius 1 is 0.875 bits per heavy atom. The predicted molar refractivity (Wildman–Crippen MR) is 247 cm³/mol. The first-order valence-electron chi connectivity index (χ1n) is 22.4. The summed E-state index contributed by atoms with van der Waals surface area (Å²) >= 11 is 6.18. The van der Waals surface area contributed by atoms with Crippen LogP contribution >= 0.6 is 11.6 Å². The Hall–Kier alpha value is -5.14. The van der Waals surface area contributed by atoms with Gasteiger partial charge in [-0.2, -0.15) is 9.29 Å². The number of aromatic nitrogens is 5. The number of piperidine rings is 3. The molecule has 0 radical (unpaired) electrons. The monoisotopic (exact) mass is 913 g/mol. The lowest BCUT2D eigenvalue weighted by Crippen LogP contribution is -2.54. The summed E-state index contributed by atoms with van der Waals surface area (Å²) in [5.41, 5.74) is 3.82. The number of hydrogen-bond acceptors (Lipinski definition) is 12. The maximum absolute atomic E-state index is 13.9. The Labute approximate surface area is 377 Å². The SMILES string of the molecule is Cc1cc(S(=O)(=O)N2CCC(N3CCN(CC4CCN(c5ccc6c(c5)n(C)c(=O)n6C5CCC(=O)NC5=O)CC4)CC3)CC2)ccc1Nc1ncc2cc(Cl)c(=O)n(C(C)C)c2n1. The van der Waals surface area contributed by atoms with Crippen LogP contribution in [0.4, 0.5) is 17.3 Å². The van der Waals surface area contributed by atoms with Gasteiger partial charge in [0.1, 0.15) is 16.7 Å². The predicted octanol–water partition coefficient (Wildman–Crippen LogP) is 4.40. The van der Waals surface area contributed by atoms with E-state index >= 15 is 0 Å². The van der Waals surface area contributed by atoms with E-state index in [1.165, 1.54) is 9.13 Å². The van der Waals surface area contributed by atoms with Gasteiger partial charge in [0.05, 0.1) is 15.9 Å². The van der Waals surface area contributed by atoms with Gasteiger partial charge in [0.25, 0.3) is 5.56 Å². The first-order chi connectivity index (χ1) is 30.7. The summed E-state index contributed by atoms with van der Waals surface area (Å²) in [5.74, 6) is 0.157. The third-order valence-corrected chi connectivity index (χ3v) is 15.9. The van der Waals surface area contributed by atoms with Crippen LogP contribution in [0.25, 0.3) is 22.1 Å². The standard InChI is InChI=1S/C45H56ClN11O6S/c1-28(2)56-41-31(24-35(46)43(56)60)26-47-44(50-41)48-36-7-6-34(23-29(36)3)64(62,63)55-17-13-32(14-18-55)54-21-19-52(20-22-54)27-30-11-15-53(16-12-30)33-5-8-37-39(25-33)51(4)45(61)57(37)38-9-10-40(58)49-42(38)59/h5-8,23-26,28,30,32,38H,9-22,27H2,1-4H3,(H,47,48,50)(H,49,58,59). The van der Waals surface area contributed by atoms with Crippen LogP contribution in [0.5, 0.6) is 0 Å². The number of benzene rings is 2. The summed E-state index contributed by atoms with van der Waals surface area (Å²) in [4.78, 5) is 67.2. The number of nitrogens with zero attached hydrogens (tertiary/aromatic N) is 9. The van der Waals surface area contributed by atoms with Crippen LogP contribution in [0.3, 0.4) is 0 Å². The van der Waals surface area contributed by atoms with E-state index in [4.69, 9.17) is 11.6 Å². The molecule has 4 fully saturated rings. The van der Waals surface area contributed by atoms with Crippen LogP contribution in [0.1, 0.15) is 70.0 Å². The van der Waals surface area contributed by atoms with Crippen molar-refractivity contribution in [3.8, 4) is 0 Å². The highest BCUT2D eigenvalue weighted by atomic mass is 35.5. The number of rotatable bonds is 10. The minimum absolute atomic E-state index is 0.107. The Balaban J connectivity index is 0.741.